The highest BCUT2D eigenvalue weighted by Gasteiger charge is 2.44. The van der Waals surface area contributed by atoms with E-state index in [2.05, 4.69) is 5.32 Å². The molecule has 0 saturated carbocycles. The molecule has 0 fully saturated rings. The Hall–Kier alpha value is -3.39. The number of anilines is 1. The number of hydrogen-bond donors (Lipinski definition) is 1. The van der Waals surface area contributed by atoms with Crippen LogP contribution in [0.25, 0.3) is 0 Å². The minimum absolute atomic E-state index is 0.218. The number of hydrogen-bond acceptors (Lipinski definition) is 5. The lowest BCUT2D eigenvalue weighted by atomic mass is 9.81. The highest BCUT2D eigenvalue weighted by atomic mass is 32.1. The third-order valence-corrected chi connectivity index (χ3v) is 6.67. The number of carbonyl (C=O) groups is 2. The second-order valence-electron chi connectivity index (χ2n) is 7.60. The van der Waals surface area contributed by atoms with E-state index in [1.54, 1.807) is 43.1 Å². The molecule has 0 unspecified atom stereocenters. The van der Waals surface area contributed by atoms with Crippen molar-refractivity contribution in [3.8, 4) is 11.5 Å². The minimum Gasteiger partial charge on any atom is -0.493 e. The van der Waals surface area contributed by atoms with Crippen LogP contribution in [0.5, 0.6) is 11.5 Å². The summed E-state index contributed by atoms with van der Waals surface area (Å²) in [5.41, 5.74) is 1.75. The van der Waals surface area contributed by atoms with E-state index in [0.29, 0.717) is 33.9 Å². The summed E-state index contributed by atoms with van der Waals surface area (Å²) in [7, 11) is 4.67. The number of rotatable bonds is 5. The van der Waals surface area contributed by atoms with Crippen LogP contribution in [0.3, 0.4) is 0 Å². The maximum absolute atomic E-state index is 14.1. The molecule has 4 rings (SSSR count). The van der Waals surface area contributed by atoms with Gasteiger partial charge >= 0.3 is 0 Å². The van der Waals surface area contributed by atoms with Gasteiger partial charge < -0.3 is 19.7 Å². The summed E-state index contributed by atoms with van der Waals surface area (Å²) in [6, 6.07) is 11.1. The van der Waals surface area contributed by atoms with Crippen molar-refractivity contribution >= 4 is 28.8 Å². The first kappa shape index (κ1) is 21.8. The summed E-state index contributed by atoms with van der Waals surface area (Å²) in [5, 5.41) is 4.73. The van der Waals surface area contributed by atoms with Crippen molar-refractivity contribution in [1.29, 1.82) is 0 Å². The van der Waals surface area contributed by atoms with Crippen LogP contribution in [0.15, 0.2) is 47.8 Å². The zero-order valence-electron chi connectivity index (χ0n) is 18.1. The molecular weight excluding hydrogens is 431 g/mol. The van der Waals surface area contributed by atoms with Gasteiger partial charge in [-0.2, -0.15) is 0 Å². The largest absolute Gasteiger partial charge is 0.493 e. The standard InChI is InChI=1S/C24H23FN2O4S/c1-13-7-8-14(10-17(13)25)26-23(28)21-15-11-18(30-3)19(31-4)12-16(15)24(29)27(2)22(21)20-6-5-9-32-20/h5-12,21-22H,1-4H3,(H,26,28)/t21-,22-/m1/s1. The lowest BCUT2D eigenvalue weighted by Crippen LogP contribution is -2.43. The molecule has 0 spiro atoms. The Balaban J connectivity index is 1.85. The Kier molecular flexibility index (Phi) is 5.88. The van der Waals surface area contributed by atoms with E-state index in [-0.39, 0.29) is 11.8 Å². The molecule has 32 heavy (non-hydrogen) atoms. The molecule has 2 amide bonds. The van der Waals surface area contributed by atoms with Gasteiger partial charge in [-0.1, -0.05) is 12.1 Å². The van der Waals surface area contributed by atoms with Crippen molar-refractivity contribution in [1.82, 2.24) is 4.90 Å². The summed E-state index contributed by atoms with van der Waals surface area (Å²) in [6.07, 6.45) is 0. The van der Waals surface area contributed by atoms with Crippen LogP contribution in [0, 0.1) is 12.7 Å². The maximum Gasteiger partial charge on any atom is 0.254 e. The van der Waals surface area contributed by atoms with Gasteiger partial charge in [0.05, 0.1) is 26.2 Å². The predicted octanol–water partition coefficient (Wildman–Crippen LogP) is 4.76. The first-order chi connectivity index (χ1) is 15.3. The van der Waals surface area contributed by atoms with E-state index in [4.69, 9.17) is 9.47 Å². The number of nitrogens with zero attached hydrogens (tertiary/aromatic N) is 1. The van der Waals surface area contributed by atoms with Crippen LogP contribution in [0.1, 0.15) is 38.3 Å². The second-order valence-corrected chi connectivity index (χ2v) is 8.58. The van der Waals surface area contributed by atoms with Crippen molar-refractivity contribution < 1.29 is 23.5 Å². The summed E-state index contributed by atoms with van der Waals surface area (Å²) in [4.78, 5) is 29.3. The van der Waals surface area contributed by atoms with Crippen molar-refractivity contribution in [3.05, 3.63) is 75.2 Å². The van der Waals surface area contributed by atoms with Crippen LogP contribution in [-0.2, 0) is 4.79 Å². The highest BCUT2D eigenvalue weighted by molar-refractivity contribution is 7.10. The smallest absolute Gasteiger partial charge is 0.254 e. The van der Waals surface area contributed by atoms with Gasteiger partial charge in [0.25, 0.3) is 5.91 Å². The first-order valence-electron chi connectivity index (χ1n) is 9.99. The zero-order valence-corrected chi connectivity index (χ0v) is 19.0. The third-order valence-electron chi connectivity index (χ3n) is 5.73. The lowest BCUT2D eigenvalue weighted by Gasteiger charge is -2.39. The number of fused-ring (bicyclic) bond motifs is 1. The number of ether oxygens (including phenoxy) is 2. The summed E-state index contributed by atoms with van der Waals surface area (Å²) < 4.78 is 24.9. The Morgan fingerprint density at radius 1 is 1.12 bits per heavy atom. The number of aryl methyl sites for hydroxylation is 1. The van der Waals surface area contributed by atoms with E-state index >= 15 is 0 Å². The van der Waals surface area contributed by atoms with E-state index < -0.39 is 17.8 Å². The molecule has 2 heterocycles. The normalized spacial score (nSPS) is 17.7. The van der Waals surface area contributed by atoms with Gasteiger partial charge in [0.1, 0.15) is 5.82 Å². The number of methoxy groups -OCH3 is 2. The van der Waals surface area contributed by atoms with Crippen LogP contribution in [-0.4, -0.2) is 38.0 Å². The van der Waals surface area contributed by atoms with Gasteiger partial charge in [-0.3, -0.25) is 9.59 Å². The Bertz CT molecular complexity index is 1180. The van der Waals surface area contributed by atoms with Crippen molar-refractivity contribution in [2.24, 2.45) is 0 Å². The molecule has 8 heteroatoms. The molecular formula is C24H23FN2O4S. The van der Waals surface area contributed by atoms with E-state index in [1.165, 1.54) is 31.6 Å². The van der Waals surface area contributed by atoms with Crippen LogP contribution in [0.2, 0.25) is 0 Å². The van der Waals surface area contributed by atoms with E-state index in [1.807, 2.05) is 17.5 Å². The van der Waals surface area contributed by atoms with Crippen LogP contribution < -0.4 is 14.8 Å². The minimum atomic E-state index is -0.740. The van der Waals surface area contributed by atoms with Crippen molar-refractivity contribution in [2.75, 3.05) is 26.6 Å². The fraction of sp³-hybridized carbons (Fsp3) is 0.250. The maximum atomic E-state index is 14.1. The van der Waals surface area contributed by atoms with Gasteiger partial charge in [-0.05, 0) is 53.8 Å². The molecule has 1 aliphatic rings. The predicted molar refractivity (Wildman–Crippen MR) is 121 cm³/mol. The summed E-state index contributed by atoms with van der Waals surface area (Å²) in [5.74, 6) is -0.879. The number of carbonyl (C=O) groups excluding carboxylic acids is 2. The van der Waals surface area contributed by atoms with Crippen molar-refractivity contribution in [3.63, 3.8) is 0 Å². The topological polar surface area (TPSA) is 67.9 Å². The molecule has 0 saturated heterocycles. The van der Waals surface area contributed by atoms with Gasteiger partial charge in [0.2, 0.25) is 5.91 Å². The molecule has 0 bridgehead atoms. The third kappa shape index (κ3) is 3.71. The van der Waals surface area contributed by atoms with Crippen LogP contribution in [0.4, 0.5) is 10.1 Å². The summed E-state index contributed by atoms with van der Waals surface area (Å²) in [6.45, 7) is 1.66. The van der Waals surface area contributed by atoms with Crippen LogP contribution >= 0.6 is 11.3 Å². The van der Waals surface area contributed by atoms with Crippen molar-refractivity contribution in [2.45, 2.75) is 18.9 Å². The number of benzene rings is 2. The molecule has 1 N–H and O–H groups in total. The fourth-order valence-corrected chi connectivity index (χ4v) is 4.94. The number of amides is 2. The SMILES string of the molecule is COc1cc2c(cc1OC)[C@@H](C(=O)Nc1ccc(C)c(F)c1)[C@@H](c1cccs1)N(C)C2=O. The summed E-state index contributed by atoms with van der Waals surface area (Å²) >= 11 is 1.47. The quantitative estimate of drug-likeness (QED) is 0.604. The zero-order chi connectivity index (χ0) is 23.0. The molecule has 6 nitrogen and oxygen atoms in total. The van der Waals surface area contributed by atoms with Gasteiger partial charge in [0, 0.05) is 23.2 Å². The average Bonchev–Trinajstić information content (AvgIpc) is 3.32. The number of halogens is 1. The van der Waals surface area contributed by atoms with E-state index in [9.17, 15) is 14.0 Å². The van der Waals surface area contributed by atoms with Gasteiger partial charge in [0.15, 0.2) is 11.5 Å². The Morgan fingerprint density at radius 3 is 2.47 bits per heavy atom. The molecule has 1 aromatic heterocycles. The fourth-order valence-electron chi connectivity index (χ4n) is 4.04. The monoisotopic (exact) mass is 454 g/mol. The highest BCUT2D eigenvalue weighted by Crippen LogP contribution is 2.46. The molecule has 2 atom stereocenters. The Morgan fingerprint density at radius 2 is 1.84 bits per heavy atom. The molecule has 166 valence electrons. The number of likely N-dealkylation sites (N-methyl/N-ethyl adjacent to an activating group) is 1. The molecule has 0 radical (unpaired) electrons. The molecule has 1 aliphatic heterocycles. The van der Waals surface area contributed by atoms with Gasteiger partial charge in [-0.15, -0.1) is 11.3 Å². The Labute approximate surface area is 189 Å². The molecule has 0 aliphatic carbocycles. The van der Waals surface area contributed by atoms with Gasteiger partial charge in [-0.25, -0.2) is 4.39 Å². The first-order valence-corrected chi connectivity index (χ1v) is 10.9. The average molecular weight is 455 g/mol. The molecule has 2 aromatic carbocycles. The lowest BCUT2D eigenvalue weighted by molar-refractivity contribution is -0.119. The number of nitrogens with one attached hydrogen (secondary N) is 1. The second kappa shape index (κ2) is 8.63. The van der Waals surface area contributed by atoms with E-state index in [0.717, 1.165) is 4.88 Å². The molecule has 3 aromatic rings. The number of thiophene rings is 1.